The fourth-order valence-corrected chi connectivity index (χ4v) is 5.69. The van der Waals surface area contributed by atoms with Crippen LogP contribution in [-0.4, -0.2) is 49.1 Å². The summed E-state index contributed by atoms with van der Waals surface area (Å²) in [4.78, 5) is 36.2. The molecule has 2 atom stereocenters. The maximum Gasteiger partial charge on any atom is 0.269 e. The average Bonchev–Trinajstić information content (AvgIpc) is 2.83. The third-order valence-corrected chi connectivity index (χ3v) is 8.05. The Kier molecular flexibility index (Phi) is 7.22. The molecule has 7 nitrogen and oxygen atoms in total. The lowest BCUT2D eigenvalue weighted by Gasteiger charge is -2.51. The zero-order valence-electron chi connectivity index (χ0n) is 20.7. The second kappa shape index (κ2) is 9.98. The number of piperidine rings is 1. The predicted molar refractivity (Wildman–Crippen MR) is 132 cm³/mol. The van der Waals surface area contributed by atoms with E-state index in [1.165, 1.54) is 38.3 Å². The number of aromatic nitrogens is 3. The van der Waals surface area contributed by atoms with E-state index in [9.17, 15) is 14.7 Å². The highest BCUT2D eigenvalue weighted by atomic mass is 16.3. The second-order valence-corrected chi connectivity index (χ2v) is 11.0. The number of carbonyl (C=O) groups is 1. The molecule has 2 aliphatic rings. The molecule has 2 aromatic heterocycles. The van der Waals surface area contributed by atoms with Crippen molar-refractivity contribution in [2.24, 2.45) is 17.3 Å². The Labute approximate surface area is 202 Å². The minimum atomic E-state index is -1.12. The van der Waals surface area contributed by atoms with Crippen LogP contribution in [0.15, 0.2) is 41.7 Å². The largest absolute Gasteiger partial charge is 0.387 e. The van der Waals surface area contributed by atoms with E-state index < -0.39 is 11.0 Å². The molecule has 1 saturated carbocycles. The smallest absolute Gasteiger partial charge is 0.269 e. The van der Waals surface area contributed by atoms with Gasteiger partial charge in [-0.2, -0.15) is 0 Å². The van der Waals surface area contributed by atoms with Crippen molar-refractivity contribution in [1.29, 1.82) is 0 Å². The maximum atomic E-state index is 13.3. The summed E-state index contributed by atoms with van der Waals surface area (Å²) in [6.07, 6.45) is 14.1. The van der Waals surface area contributed by atoms with Crippen molar-refractivity contribution in [2.45, 2.75) is 77.9 Å². The third-order valence-electron chi connectivity index (χ3n) is 8.05. The van der Waals surface area contributed by atoms with Crippen molar-refractivity contribution in [3.63, 3.8) is 0 Å². The van der Waals surface area contributed by atoms with Gasteiger partial charge in [-0.15, -0.1) is 0 Å². The van der Waals surface area contributed by atoms with E-state index in [0.717, 1.165) is 12.0 Å². The third kappa shape index (κ3) is 5.24. The van der Waals surface area contributed by atoms with Crippen molar-refractivity contribution in [2.75, 3.05) is 13.1 Å². The molecule has 2 aromatic rings. The molecule has 1 amide bonds. The molecule has 3 heterocycles. The summed E-state index contributed by atoms with van der Waals surface area (Å²) in [6, 6.07) is 3.71. The van der Waals surface area contributed by atoms with Crippen LogP contribution in [0.25, 0.3) is 11.3 Å². The van der Waals surface area contributed by atoms with Gasteiger partial charge in [0.1, 0.15) is 0 Å². The number of aliphatic hydroxyl groups is 1. The van der Waals surface area contributed by atoms with Crippen LogP contribution in [0.3, 0.4) is 0 Å². The average molecular weight is 467 g/mol. The minimum Gasteiger partial charge on any atom is -0.387 e. The molecule has 1 aliphatic heterocycles. The normalized spacial score (nSPS) is 24.1. The molecular formula is C27H38N4O3. The van der Waals surface area contributed by atoms with Crippen LogP contribution >= 0.6 is 0 Å². The number of carbonyl (C=O) groups excluding carboxylic acids is 1. The first-order chi connectivity index (χ1) is 16.2. The monoisotopic (exact) mass is 466 g/mol. The Morgan fingerprint density at radius 3 is 2.68 bits per heavy atom. The van der Waals surface area contributed by atoms with Gasteiger partial charge in [-0.1, -0.05) is 52.9 Å². The number of pyridine rings is 1. The number of rotatable bonds is 6. The Morgan fingerprint density at radius 2 is 2.00 bits per heavy atom. The van der Waals surface area contributed by atoms with E-state index in [2.05, 4.69) is 16.9 Å². The Bertz CT molecular complexity index is 1050. The molecule has 0 bridgehead atoms. The van der Waals surface area contributed by atoms with Crippen LogP contribution < -0.4 is 5.56 Å². The van der Waals surface area contributed by atoms with Gasteiger partial charge in [0.05, 0.1) is 24.0 Å². The van der Waals surface area contributed by atoms with Crippen molar-refractivity contribution < 1.29 is 9.90 Å². The first-order valence-corrected chi connectivity index (χ1v) is 12.7. The minimum absolute atomic E-state index is 0.00921. The fraction of sp³-hybridized carbons (Fsp3) is 0.630. The van der Waals surface area contributed by atoms with Gasteiger partial charge in [-0.25, -0.2) is 4.98 Å². The molecule has 1 N–H and O–H groups in total. The van der Waals surface area contributed by atoms with Gasteiger partial charge in [0.2, 0.25) is 5.91 Å². The standard InChI is InChI=1S/C27H38N4O3/c1-20(14-21-8-5-4-6-9-21)25(33)30-13-11-27(34,26(2,3)18-30)19-31-17-23(29-16-24(31)32)22-10-7-12-28-15-22/h7,10,12,15-17,20-21,34H,4-6,8-9,11,13-14,18-19H2,1-3H3/t20-,27?/m1/s1. The summed E-state index contributed by atoms with van der Waals surface area (Å²) >= 11 is 0. The maximum absolute atomic E-state index is 13.3. The van der Waals surface area contributed by atoms with E-state index in [1.54, 1.807) is 23.2 Å². The molecule has 4 rings (SSSR count). The molecule has 0 aromatic carbocycles. The highest BCUT2D eigenvalue weighted by molar-refractivity contribution is 5.78. The molecule has 1 saturated heterocycles. The van der Waals surface area contributed by atoms with Crippen LogP contribution in [0.1, 0.15) is 65.7 Å². The van der Waals surface area contributed by atoms with Gasteiger partial charge in [-0.3, -0.25) is 14.6 Å². The lowest BCUT2D eigenvalue weighted by Crippen LogP contribution is -2.61. The summed E-state index contributed by atoms with van der Waals surface area (Å²) in [5.41, 5.74) is -0.485. The molecular weight excluding hydrogens is 428 g/mol. The first kappa shape index (κ1) is 24.6. The van der Waals surface area contributed by atoms with Gasteiger partial charge >= 0.3 is 0 Å². The number of likely N-dealkylation sites (tertiary alicyclic amines) is 1. The Morgan fingerprint density at radius 1 is 1.24 bits per heavy atom. The van der Waals surface area contributed by atoms with Gasteiger partial charge < -0.3 is 14.6 Å². The molecule has 2 fully saturated rings. The highest BCUT2D eigenvalue weighted by Crippen LogP contribution is 2.40. The number of amides is 1. The van der Waals surface area contributed by atoms with Crippen LogP contribution in [-0.2, 0) is 11.3 Å². The van der Waals surface area contributed by atoms with E-state index >= 15 is 0 Å². The summed E-state index contributed by atoms with van der Waals surface area (Å²) < 4.78 is 1.54. The lowest BCUT2D eigenvalue weighted by atomic mass is 9.69. The Hall–Kier alpha value is -2.54. The predicted octanol–water partition coefficient (Wildman–Crippen LogP) is 3.90. The van der Waals surface area contributed by atoms with Crippen LogP contribution in [0.2, 0.25) is 0 Å². The van der Waals surface area contributed by atoms with Gasteiger partial charge in [0.15, 0.2) is 0 Å². The van der Waals surface area contributed by atoms with E-state index in [-0.39, 0.29) is 23.9 Å². The SMILES string of the molecule is C[C@H](CC1CCCCC1)C(=O)N1CCC(O)(Cn2cc(-c3cccnc3)ncc2=O)C(C)(C)C1. The zero-order valence-corrected chi connectivity index (χ0v) is 20.7. The van der Waals surface area contributed by atoms with Crippen molar-refractivity contribution in [1.82, 2.24) is 19.4 Å². The van der Waals surface area contributed by atoms with E-state index in [1.807, 2.05) is 30.9 Å². The second-order valence-electron chi connectivity index (χ2n) is 11.0. The number of hydrogen-bond donors (Lipinski definition) is 1. The first-order valence-electron chi connectivity index (χ1n) is 12.7. The molecule has 0 spiro atoms. The zero-order chi connectivity index (χ0) is 24.3. The highest BCUT2D eigenvalue weighted by Gasteiger charge is 2.49. The number of nitrogens with zero attached hydrogens (tertiary/aromatic N) is 4. The van der Waals surface area contributed by atoms with Gasteiger partial charge in [-0.05, 0) is 30.9 Å². The van der Waals surface area contributed by atoms with Gasteiger partial charge in [0, 0.05) is 48.6 Å². The molecule has 7 heteroatoms. The van der Waals surface area contributed by atoms with Gasteiger partial charge in [0.25, 0.3) is 5.56 Å². The molecule has 184 valence electrons. The lowest BCUT2D eigenvalue weighted by molar-refractivity contribution is -0.157. The summed E-state index contributed by atoms with van der Waals surface area (Å²) in [5, 5.41) is 11.7. The molecule has 1 aliphatic carbocycles. The van der Waals surface area contributed by atoms with Crippen molar-refractivity contribution in [3.8, 4) is 11.3 Å². The van der Waals surface area contributed by atoms with E-state index in [0.29, 0.717) is 31.1 Å². The molecule has 1 unspecified atom stereocenters. The van der Waals surface area contributed by atoms with Crippen LogP contribution in [0.4, 0.5) is 0 Å². The summed E-state index contributed by atoms with van der Waals surface area (Å²) in [6.45, 7) is 7.18. The van der Waals surface area contributed by atoms with Crippen LogP contribution in [0, 0.1) is 17.3 Å². The van der Waals surface area contributed by atoms with Crippen LogP contribution in [0.5, 0.6) is 0 Å². The number of hydrogen-bond acceptors (Lipinski definition) is 5. The van der Waals surface area contributed by atoms with E-state index in [4.69, 9.17) is 0 Å². The Balaban J connectivity index is 1.45. The fourth-order valence-electron chi connectivity index (χ4n) is 5.69. The molecule has 34 heavy (non-hydrogen) atoms. The summed E-state index contributed by atoms with van der Waals surface area (Å²) in [5.74, 6) is 0.866. The summed E-state index contributed by atoms with van der Waals surface area (Å²) in [7, 11) is 0. The van der Waals surface area contributed by atoms with Crippen molar-refractivity contribution >= 4 is 5.91 Å². The quantitative estimate of drug-likeness (QED) is 0.698. The molecule has 0 radical (unpaired) electrons. The topological polar surface area (TPSA) is 88.3 Å². The van der Waals surface area contributed by atoms with Crippen molar-refractivity contribution in [3.05, 3.63) is 47.3 Å².